The molecule has 0 aliphatic heterocycles. The number of nitrogens with zero attached hydrogens (tertiary/aromatic N) is 3. The Kier molecular flexibility index (Phi) is 1.96. The van der Waals surface area contributed by atoms with Crippen LogP contribution in [0, 0.1) is 11.3 Å². The van der Waals surface area contributed by atoms with Crippen molar-refractivity contribution in [2.45, 2.75) is 12.8 Å². The topological polar surface area (TPSA) is 49.6 Å². The summed E-state index contributed by atoms with van der Waals surface area (Å²) in [6.07, 6.45) is 4.78. The van der Waals surface area contributed by atoms with Crippen LogP contribution in [0.15, 0.2) is 18.6 Å². The Morgan fingerprint density at radius 1 is 1.60 bits per heavy atom. The van der Waals surface area contributed by atoms with Gasteiger partial charge in [0.25, 0.3) is 0 Å². The Labute approximate surface area is 59.4 Å². The predicted molar refractivity (Wildman–Crippen MR) is 36.1 cm³/mol. The van der Waals surface area contributed by atoms with Gasteiger partial charge in [0, 0.05) is 18.6 Å². The number of rotatable bonds is 1. The van der Waals surface area contributed by atoms with E-state index < -0.39 is 0 Å². The van der Waals surface area contributed by atoms with Gasteiger partial charge in [0.15, 0.2) is 0 Å². The van der Waals surface area contributed by atoms with Crippen LogP contribution in [-0.4, -0.2) is 9.97 Å². The molecule has 0 aliphatic carbocycles. The van der Waals surface area contributed by atoms with E-state index in [4.69, 9.17) is 5.26 Å². The molecule has 1 aromatic rings. The van der Waals surface area contributed by atoms with Crippen molar-refractivity contribution in [3.63, 3.8) is 0 Å². The van der Waals surface area contributed by atoms with E-state index in [9.17, 15) is 0 Å². The maximum absolute atomic E-state index is 8.47. The fraction of sp³-hybridized carbons (Fsp3) is 0.286. The molecule has 50 valence electrons. The van der Waals surface area contributed by atoms with Crippen molar-refractivity contribution in [3.8, 4) is 6.07 Å². The van der Waals surface area contributed by atoms with Crippen LogP contribution >= 0.6 is 0 Å². The standard InChI is InChI=1S/C7H7N3/c1-6(4-8)7-5-9-2-3-10-7/h2-3,5-6H,1H3. The van der Waals surface area contributed by atoms with E-state index in [1.807, 2.05) is 0 Å². The summed E-state index contributed by atoms with van der Waals surface area (Å²) >= 11 is 0. The highest BCUT2D eigenvalue weighted by Crippen LogP contribution is 2.07. The molecule has 3 heteroatoms. The van der Waals surface area contributed by atoms with Gasteiger partial charge < -0.3 is 0 Å². The van der Waals surface area contributed by atoms with Crippen LogP contribution in [0.1, 0.15) is 18.5 Å². The molecule has 1 unspecified atom stereocenters. The molecule has 0 amide bonds. The van der Waals surface area contributed by atoms with E-state index in [0.717, 1.165) is 5.69 Å². The predicted octanol–water partition coefficient (Wildman–Crippen LogP) is 1.10. The second-order valence-electron chi connectivity index (χ2n) is 1.98. The summed E-state index contributed by atoms with van der Waals surface area (Å²) in [5.41, 5.74) is 0.727. The summed E-state index contributed by atoms with van der Waals surface area (Å²) in [6.45, 7) is 1.80. The lowest BCUT2D eigenvalue weighted by Crippen LogP contribution is -1.93. The molecule has 1 atom stereocenters. The summed E-state index contributed by atoms with van der Waals surface area (Å²) in [6, 6.07) is 2.08. The first kappa shape index (κ1) is 6.69. The summed E-state index contributed by atoms with van der Waals surface area (Å²) < 4.78 is 0. The van der Waals surface area contributed by atoms with Gasteiger partial charge in [0.1, 0.15) is 0 Å². The zero-order chi connectivity index (χ0) is 7.40. The molecule has 0 bridgehead atoms. The van der Waals surface area contributed by atoms with E-state index in [1.165, 1.54) is 0 Å². The molecule has 3 nitrogen and oxygen atoms in total. The van der Waals surface area contributed by atoms with Crippen LogP contribution in [0.3, 0.4) is 0 Å². The summed E-state index contributed by atoms with van der Waals surface area (Å²) in [4.78, 5) is 7.80. The van der Waals surface area contributed by atoms with E-state index in [1.54, 1.807) is 25.5 Å². The number of aromatic nitrogens is 2. The monoisotopic (exact) mass is 133 g/mol. The van der Waals surface area contributed by atoms with Crippen molar-refractivity contribution < 1.29 is 0 Å². The lowest BCUT2D eigenvalue weighted by atomic mass is 10.1. The second kappa shape index (κ2) is 2.92. The Hall–Kier alpha value is -1.43. The normalized spacial score (nSPS) is 12.0. The maximum Gasteiger partial charge on any atom is 0.0872 e. The highest BCUT2D eigenvalue weighted by Gasteiger charge is 2.02. The average molecular weight is 133 g/mol. The molecular formula is C7H7N3. The molecule has 0 saturated heterocycles. The molecule has 10 heavy (non-hydrogen) atoms. The highest BCUT2D eigenvalue weighted by molar-refractivity contribution is 5.10. The number of hydrogen-bond donors (Lipinski definition) is 0. The largest absolute Gasteiger partial charge is 0.261 e. The van der Waals surface area contributed by atoms with Gasteiger partial charge >= 0.3 is 0 Å². The van der Waals surface area contributed by atoms with Gasteiger partial charge in [0.05, 0.1) is 17.7 Å². The van der Waals surface area contributed by atoms with Gasteiger partial charge in [-0.25, -0.2) is 0 Å². The molecule has 0 saturated carbocycles. The Morgan fingerprint density at radius 3 is 2.90 bits per heavy atom. The van der Waals surface area contributed by atoms with Crippen molar-refractivity contribution in [2.24, 2.45) is 0 Å². The zero-order valence-corrected chi connectivity index (χ0v) is 5.65. The third-order valence-corrected chi connectivity index (χ3v) is 1.22. The molecule has 0 aliphatic rings. The van der Waals surface area contributed by atoms with Crippen molar-refractivity contribution in [1.29, 1.82) is 5.26 Å². The van der Waals surface area contributed by atoms with Crippen molar-refractivity contribution in [1.82, 2.24) is 9.97 Å². The van der Waals surface area contributed by atoms with Crippen LogP contribution in [0.25, 0.3) is 0 Å². The molecule has 0 fully saturated rings. The average Bonchev–Trinajstić information content (AvgIpc) is 2.05. The fourth-order valence-corrected chi connectivity index (χ4v) is 0.600. The first-order valence-corrected chi connectivity index (χ1v) is 3.00. The molecular weight excluding hydrogens is 126 g/mol. The van der Waals surface area contributed by atoms with Crippen LogP contribution in [0.4, 0.5) is 0 Å². The Morgan fingerprint density at radius 2 is 2.40 bits per heavy atom. The van der Waals surface area contributed by atoms with Crippen LogP contribution < -0.4 is 0 Å². The third kappa shape index (κ3) is 1.29. The SMILES string of the molecule is CC(C#N)c1cnccn1. The van der Waals surface area contributed by atoms with Crippen molar-refractivity contribution in [2.75, 3.05) is 0 Å². The summed E-state index contributed by atoms with van der Waals surface area (Å²) in [5.74, 6) is -0.159. The quantitative estimate of drug-likeness (QED) is 0.576. The minimum atomic E-state index is -0.159. The van der Waals surface area contributed by atoms with E-state index in [2.05, 4.69) is 16.0 Å². The third-order valence-electron chi connectivity index (χ3n) is 1.22. The van der Waals surface area contributed by atoms with Crippen LogP contribution in [0.5, 0.6) is 0 Å². The Balaban J connectivity index is 2.88. The fourth-order valence-electron chi connectivity index (χ4n) is 0.600. The maximum atomic E-state index is 8.47. The molecule has 0 aromatic carbocycles. The summed E-state index contributed by atoms with van der Waals surface area (Å²) in [5, 5.41) is 8.47. The van der Waals surface area contributed by atoms with Gasteiger partial charge in [-0.2, -0.15) is 5.26 Å². The minimum Gasteiger partial charge on any atom is -0.261 e. The second-order valence-corrected chi connectivity index (χ2v) is 1.98. The lowest BCUT2D eigenvalue weighted by Gasteiger charge is -1.96. The zero-order valence-electron chi connectivity index (χ0n) is 5.65. The lowest BCUT2D eigenvalue weighted by molar-refractivity contribution is 0.901. The van der Waals surface area contributed by atoms with Gasteiger partial charge in [-0.3, -0.25) is 9.97 Å². The van der Waals surface area contributed by atoms with Crippen molar-refractivity contribution >= 4 is 0 Å². The van der Waals surface area contributed by atoms with Crippen LogP contribution in [-0.2, 0) is 0 Å². The number of nitriles is 1. The van der Waals surface area contributed by atoms with Crippen molar-refractivity contribution in [3.05, 3.63) is 24.3 Å². The van der Waals surface area contributed by atoms with Crippen LogP contribution in [0.2, 0.25) is 0 Å². The molecule has 0 spiro atoms. The molecule has 1 rings (SSSR count). The van der Waals surface area contributed by atoms with E-state index >= 15 is 0 Å². The first-order chi connectivity index (χ1) is 4.84. The van der Waals surface area contributed by atoms with Gasteiger partial charge in [-0.15, -0.1) is 0 Å². The molecule has 0 radical (unpaired) electrons. The minimum absolute atomic E-state index is 0.159. The number of hydrogen-bond acceptors (Lipinski definition) is 3. The van der Waals surface area contributed by atoms with Gasteiger partial charge in [-0.1, -0.05) is 0 Å². The molecule has 1 aromatic heterocycles. The van der Waals surface area contributed by atoms with Gasteiger partial charge in [-0.05, 0) is 6.92 Å². The molecule has 1 heterocycles. The van der Waals surface area contributed by atoms with E-state index in [-0.39, 0.29) is 5.92 Å². The first-order valence-electron chi connectivity index (χ1n) is 3.00. The smallest absolute Gasteiger partial charge is 0.0872 e. The van der Waals surface area contributed by atoms with Gasteiger partial charge in [0.2, 0.25) is 0 Å². The molecule has 0 N–H and O–H groups in total. The summed E-state index contributed by atoms with van der Waals surface area (Å²) in [7, 11) is 0. The van der Waals surface area contributed by atoms with E-state index in [0.29, 0.717) is 0 Å². The highest BCUT2D eigenvalue weighted by atomic mass is 14.8. The Bertz CT molecular complexity index is 237.